The summed E-state index contributed by atoms with van der Waals surface area (Å²) in [5, 5.41) is 2.89. The Labute approximate surface area is 142 Å². The summed E-state index contributed by atoms with van der Waals surface area (Å²) in [5.74, 6) is 1.38. The highest BCUT2D eigenvalue weighted by atomic mass is 35.5. The summed E-state index contributed by atoms with van der Waals surface area (Å²) in [7, 11) is 0. The highest BCUT2D eigenvalue weighted by Crippen LogP contribution is 2.29. The van der Waals surface area contributed by atoms with Crippen molar-refractivity contribution in [1.82, 2.24) is 0 Å². The number of carbonyl (C=O) groups excluding carboxylic acids is 1. The third-order valence-corrected chi connectivity index (χ3v) is 3.81. The zero-order valence-corrected chi connectivity index (χ0v) is 13.9. The van der Waals surface area contributed by atoms with Gasteiger partial charge in [-0.2, -0.15) is 0 Å². The fourth-order valence-corrected chi connectivity index (χ4v) is 2.17. The van der Waals surface area contributed by atoms with Gasteiger partial charge < -0.3 is 15.8 Å². The fraction of sp³-hybridized carbons (Fsp3) is 0.278. The van der Waals surface area contributed by atoms with Crippen LogP contribution in [0.25, 0.3) is 0 Å². The van der Waals surface area contributed by atoms with Gasteiger partial charge in [-0.05, 0) is 67.6 Å². The van der Waals surface area contributed by atoms with Crippen LogP contribution < -0.4 is 15.8 Å². The highest BCUT2D eigenvalue weighted by Gasteiger charge is 2.21. The van der Waals surface area contributed by atoms with Crippen LogP contribution in [0.2, 0.25) is 0 Å². The van der Waals surface area contributed by atoms with Crippen molar-refractivity contribution in [2.45, 2.75) is 19.8 Å². The minimum absolute atomic E-state index is 0. The number of hydrogen-bond acceptors (Lipinski definition) is 3. The topological polar surface area (TPSA) is 64.3 Å². The van der Waals surface area contributed by atoms with Crippen LogP contribution in [0.4, 0.5) is 11.4 Å². The third-order valence-electron chi connectivity index (χ3n) is 3.81. The Balaban J connectivity index is 0.00000192. The van der Waals surface area contributed by atoms with E-state index in [0.717, 1.165) is 29.5 Å². The first-order valence-corrected chi connectivity index (χ1v) is 7.52. The second-order valence-corrected chi connectivity index (χ2v) is 5.81. The molecule has 2 aromatic rings. The maximum atomic E-state index is 12.3. The summed E-state index contributed by atoms with van der Waals surface area (Å²) in [5.41, 5.74) is 8.70. The fourth-order valence-electron chi connectivity index (χ4n) is 2.17. The quantitative estimate of drug-likeness (QED) is 0.812. The number of carbonyl (C=O) groups is 1. The predicted octanol–water partition coefficient (Wildman–Crippen LogP) is 4.04. The molecule has 1 aliphatic carbocycles. The Hall–Kier alpha value is -2.20. The van der Waals surface area contributed by atoms with Crippen molar-refractivity contribution in [2.24, 2.45) is 5.92 Å². The number of ether oxygens (including phenoxy) is 1. The zero-order valence-electron chi connectivity index (χ0n) is 13.0. The summed E-state index contributed by atoms with van der Waals surface area (Å²) >= 11 is 0. The molecular formula is C18H21ClN2O2. The van der Waals surface area contributed by atoms with Crippen LogP contribution >= 0.6 is 12.4 Å². The van der Waals surface area contributed by atoms with Gasteiger partial charge in [-0.15, -0.1) is 12.4 Å². The van der Waals surface area contributed by atoms with Crippen LogP contribution in [0.5, 0.6) is 5.75 Å². The first kappa shape index (κ1) is 17.2. The van der Waals surface area contributed by atoms with Gasteiger partial charge in [0, 0.05) is 16.9 Å². The number of nitrogen functional groups attached to an aromatic ring is 1. The standard InChI is InChI=1S/C18H20N2O2.ClH/c1-12-2-7-15(19)10-17(12)20-18(21)14-5-8-16(9-6-14)22-11-13-3-4-13;/h2,5-10,13H,3-4,11,19H2,1H3,(H,20,21);1H. The maximum Gasteiger partial charge on any atom is 0.255 e. The minimum atomic E-state index is -0.151. The lowest BCUT2D eigenvalue weighted by molar-refractivity contribution is 0.102. The Morgan fingerprint density at radius 3 is 2.57 bits per heavy atom. The zero-order chi connectivity index (χ0) is 15.5. The molecule has 122 valence electrons. The number of amides is 1. The number of rotatable bonds is 5. The van der Waals surface area contributed by atoms with Crippen molar-refractivity contribution in [1.29, 1.82) is 0 Å². The maximum absolute atomic E-state index is 12.3. The molecule has 0 atom stereocenters. The van der Waals surface area contributed by atoms with Gasteiger partial charge in [-0.25, -0.2) is 0 Å². The van der Waals surface area contributed by atoms with Gasteiger partial charge in [-0.3, -0.25) is 4.79 Å². The minimum Gasteiger partial charge on any atom is -0.493 e. The van der Waals surface area contributed by atoms with Crippen molar-refractivity contribution in [3.63, 3.8) is 0 Å². The van der Waals surface area contributed by atoms with E-state index < -0.39 is 0 Å². The summed E-state index contributed by atoms with van der Waals surface area (Å²) in [4.78, 5) is 12.3. The average Bonchev–Trinajstić information content (AvgIpc) is 3.33. The van der Waals surface area contributed by atoms with E-state index in [0.29, 0.717) is 11.3 Å². The molecule has 5 heteroatoms. The molecule has 1 saturated carbocycles. The van der Waals surface area contributed by atoms with E-state index in [-0.39, 0.29) is 18.3 Å². The summed E-state index contributed by atoms with van der Waals surface area (Å²) in [6.07, 6.45) is 2.53. The van der Waals surface area contributed by atoms with Crippen molar-refractivity contribution in [2.75, 3.05) is 17.7 Å². The van der Waals surface area contributed by atoms with Crippen LogP contribution in [0.1, 0.15) is 28.8 Å². The molecule has 0 unspecified atom stereocenters. The molecule has 0 radical (unpaired) electrons. The lowest BCUT2D eigenvalue weighted by atomic mass is 10.1. The third kappa shape index (κ3) is 4.63. The average molecular weight is 333 g/mol. The largest absolute Gasteiger partial charge is 0.493 e. The van der Waals surface area contributed by atoms with E-state index in [2.05, 4.69) is 5.32 Å². The number of hydrogen-bond donors (Lipinski definition) is 2. The van der Waals surface area contributed by atoms with Gasteiger partial charge in [0.15, 0.2) is 0 Å². The summed E-state index contributed by atoms with van der Waals surface area (Å²) in [6, 6.07) is 12.7. The molecular weight excluding hydrogens is 312 g/mol. The molecule has 23 heavy (non-hydrogen) atoms. The van der Waals surface area contributed by atoms with E-state index in [4.69, 9.17) is 10.5 Å². The van der Waals surface area contributed by atoms with Crippen molar-refractivity contribution in [3.05, 3.63) is 53.6 Å². The van der Waals surface area contributed by atoms with Crippen LogP contribution in [0.3, 0.4) is 0 Å². The van der Waals surface area contributed by atoms with Crippen LogP contribution in [-0.4, -0.2) is 12.5 Å². The van der Waals surface area contributed by atoms with Crippen LogP contribution in [0, 0.1) is 12.8 Å². The van der Waals surface area contributed by atoms with E-state index in [1.807, 2.05) is 31.2 Å². The van der Waals surface area contributed by atoms with Crippen molar-refractivity contribution >= 4 is 29.7 Å². The molecule has 0 aliphatic heterocycles. The number of anilines is 2. The molecule has 3 rings (SSSR count). The van der Waals surface area contributed by atoms with Crippen LogP contribution in [0.15, 0.2) is 42.5 Å². The molecule has 0 bridgehead atoms. The predicted molar refractivity (Wildman–Crippen MR) is 95.5 cm³/mol. The molecule has 2 aromatic carbocycles. The van der Waals surface area contributed by atoms with Gasteiger partial charge in [-0.1, -0.05) is 6.07 Å². The second-order valence-electron chi connectivity index (χ2n) is 5.81. The molecule has 1 amide bonds. The molecule has 0 saturated heterocycles. The van der Waals surface area contributed by atoms with Gasteiger partial charge in [0.2, 0.25) is 0 Å². The molecule has 3 N–H and O–H groups in total. The molecule has 4 nitrogen and oxygen atoms in total. The van der Waals surface area contributed by atoms with Gasteiger partial charge in [0.05, 0.1) is 6.61 Å². The second kappa shape index (κ2) is 7.38. The molecule has 0 aromatic heterocycles. The normalized spacial score (nSPS) is 13.1. The first-order valence-electron chi connectivity index (χ1n) is 7.52. The Kier molecular flexibility index (Phi) is 5.50. The van der Waals surface area contributed by atoms with Crippen molar-refractivity contribution in [3.8, 4) is 5.75 Å². The Morgan fingerprint density at radius 1 is 1.22 bits per heavy atom. The van der Waals surface area contributed by atoms with Crippen molar-refractivity contribution < 1.29 is 9.53 Å². The van der Waals surface area contributed by atoms with E-state index in [9.17, 15) is 4.79 Å². The molecule has 0 heterocycles. The number of halogens is 1. The van der Waals surface area contributed by atoms with E-state index in [1.54, 1.807) is 18.2 Å². The number of nitrogens with one attached hydrogen (secondary N) is 1. The lowest BCUT2D eigenvalue weighted by Crippen LogP contribution is -2.13. The lowest BCUT2D eigenvalue weighted by Gasteiger charge is -2.10. The first-order chi connectivity index (χ1) is 10.6. The Morgan fingerprint density at radius 2 is 1.91 bits per heavy atom. The summed E-state index contributed by atoms with van der Waals surface area (Å²) in [6.45, 7) is 2.71. The Bertz CT molecular complexity index is 682. The van der Waals surface area contributed by atoms with Gasteiger partial charge >= 0.3 is 0 Å². The van der Waals surface area contributed by atoms with Gasteiger partial charge in [0.1, 0.15) is 5.75 Å². The number of aryl methyl sites for hydroxylation is 1. The highest BCUT2D eigenvalue weighted by molar-refractivity contribution is 6.04. The van der Waals surface area contributed by atoms with E-state index >= 15 is 0 Å². The van der Waals surface area contributed by atoms with Gasteiger partial charge in [0.25, 0.3) is 5.91 Å². The molecule has 1 fully saturated rings. The summed E-state index contributed by atoms with van der Waals surface area (Å²) < 4.78 is 5.67. The van der Waals surface area contributed by atoms with Crippen LogP contribution in [-0.2, 0) is 0 Å². The SMILES string of the molecule is Cc1ccc(N)cc1NC(=O)c1ccc(OCC2CC2)cc1.Cl. The number of nitrogens with two attached hydrogens (primary N) is 1. The molecule has 1 aliphatic rings. The smallest absolute Gasteiger partial charge is 0.255 e. The monoisotopic (exact) mass is 332 g/mol. The number of benzene rings is 2. The molecule has 0 spiro atoms. The van der Waals surface area contributed by atoms with E-state index in [1.165, 1.54) is 12.8 Å².